The van der Waals surface area contributed by atoms with Crippen molar-refractivity contribution in [3.63, 3.8) is 0 Å². The third kappa shape index (κ3) is 3.04. The molecule has 1 aromatic heterocycles. The normalized spacial score (nSPS) is 11.8. The summed E-state index contributed by atoms with van der Waals surface area (Å²) in [4.78, 5) is 25.9. The van der Waals surface area contributed by atoms with E-state index < -0.39 is 15.9 Å². The van der Waals surface area contributed by atoms with Gasteiger partial charge in [-0.1, -0.05) is 0 Å². The van der Waals surface area contributed by atoms with Gasteiger partial charge in [-0.25, -0.2) is 4.98 Å². The summed E-state index contributed by atoms with van der Waals surface area (Å²) in [6, 6.07) is 2.86. The molecule has 1 N–H and O–H groups in total. The largest absolute Gasteiger partial charge is 0.469 e. The van der Waals surface area contributed by atoms with E-state index in [0.717, 1.165) is 0 Å². The minimum absolute atomic E-state index is 0.0828. The quantitative estimate of drug-likeness (QED) is 0.506. The Hall–Kier alpha value is -2.18. The van der Waals surface area contributed by atoms with Gasteiger partial charge in [0.15, 0.2) is 0 Å². The van der Waals surface area contributed by atoms with Crippen LogP contribution in [0.3, 0.4) is 0 Å². The molecule has 0 fully saturated rings. The third-order valence-electron chi connectivity index (χ3n) is 3.66. The van der Waals surface area contributed by atoms with E-state index in [1.165, 1.54) is 25.4 Å². The van der Waals surface area contributed by atoms with Gasteiger partial charge < -0.3 is 10.1 Å². The van der Waals surface area contributed by atoms with Crippen molar-refractivity contribution in [2.24, 2.45) is 5.41 Å². The fraction of sp³-hybridized carbons (Fsp3) is 0.538. The van der Waals surface area contributed by atoms with Crippen molar-refractivity contribution in [1.82, 2.24) is 4.98 Å². The average Bonchev–Trinajstić information content (AvgIpc) is 2.37. The minimum Gasteiger partial charge on any atom is -0.469 e. The summed E-state index contributed by atoms with van der Waals surface area (Å²) in [5.41, 5.74) is -1.53. The molecule has 0 unspecified atom stereocenters. The Morgan fingerprint density at radius 1 is 1.35 bits per heavy atom. The first-order valence-corrected chi connectivity index (χ1v) is 6.09. The number of ether oxygens (including phenoxy) is 1. The molecule has 7 heteroatoms. The first-order valence-electron chi connectivity index (χ1n) is 6.09. The topological polar surface area (TPSA) is 94.4 Å². The molecule has 1 aromatic rings. The molecule has 0 atom stereocenters. The van der Waals surface area contributed by atoms with E-state index in [9.17, 15) is 14.9 Å². The van der Waals surface area contributed by atoms with E-state index in [2.05, 4.69) is 10.3 Å². The summed E-state index contributed by atoms with van der Waals surface area (Å²) in [5.74, 6) is 0.106. The number of methoxy groups -OCH3 is 1. The molecule has 0 spiro atoms. The van der Waals surface area contributed by atoms with Crippen LogP contribution in [0.25, 0.3) is 0 Å². The zero-order valence-electron chi connectivity index (χ0n) is 12.3. The number of rotatable bonds is 5. The highest BCUT2D eigenvalue weighted by Crippen LogP contribution is 2.34. The number of nitrogens with zero attached hydrogens (tertiary/aromatic N) is 2. The number of carbonyl (C=O) groups excluding carboxylic acids is 1. The number of anilines is 1. The summed E-state index contributed by atoms with van der Waals surface area (Å²) in [6.45, 7) is 7.20. The maximum Gasteiger partial charge on any atom is 0.313 e. The number of carbonyl (C=O) groups is 1. The molecule has 0 saturated carbocycles. The predicted molar refractivity (Wildman–Crippen MR) is 74.4 cm³/mol. The van der Waals surface area contributed by atoms with Crippen LogP contribution in [-0.2, 0) is 9.53 Å². The highest BCUT2D eigenvalue weighted by atomic mass is 16.6. The van der Waals surface area contributed by atoms with Crippen LogP contribution in [0.5, 0.6) is 0 Å². The summed E-state index contributed by atoms with van der Waals surface area (Å²) in [6.07, 6.45) is 1.17. The van der Waals surface area contributed by atoms with E-state index in [1.807, 2.05) is 13.8 Å². The van der Waals surface area contributed by atoms with Gasteiger partial charge >= 0.3 is 5.97 Å². The van der Waals surface area contributed by atoms with Crippen LogP contribution in [-0.4, -0.2) is 28.5 Å². The second-order valence-corrected chi connectivity index (χ2v) is 5.53. The molecular formula is C13H19N3O4. The standard InChI is InChI=1S/C13H19N3O4/c1-12(2,11(17)20-5)13(3,4)15-10-7-6-9(8-14-10)16(18)19/h6-8H,1-5H3,(H,14,15). The van der Waals surface area contributed by atoms with Gasteiger partial charge in [0.25, 0.3) is 5.69 Å². The molecule has 20 heavy (non-hydrogen) atoms. The molecule has 0 amide bonds. The van der Waals surface area contributed by atoms with Crippen molar-refractivity contribution in [3.8, 4) is 0 Å². The summed E-state index contributed by atoms with van der Waals surface area (Å²) < 4.78 is 4.80. The van der Waals surface area contributed by atoms with Gasteiger partial charge in [0.1, 0.15) is 12.0 Å². The number of pyridine rings is 1. The van der Waals surface area contributed by atoms with Gasteiger partial charge in [-0.15, -0.1) is 0 Å². The highest BCUT2D eigenvalue weighted by molar-refractivity contribution is 5.78. The van der Waals surface area contributed by atoms with Crippen LogP contribution >= 0.6 is 0 Å². The van der Waals surface area contributed by atoms with Crippen molar-refractivity contribution in [3.05, 3.63) is 28.4 Å². The summed E-state index contributed by atoms with van der Waals surface area (Å²) in [5, 5.41) is 13.7. The fourth-order valence-electron chi connectivity index (χ4n) is 1.55. The zero-order valence-corrected chi connectivity index (χ0v) is 12.3. The minimum atomic E-state index is -0.800. The summed E-state index contributed by atoms with van der Waals surface area (Å²) >= 11 is 0. The second-order valence-electron chi connectivity index (χ2n) is 5.53. The smallest absolute Gasteiger partial charge is 0.313 e. The number of esters is 1. The fourth-order valence-corrected chi connectivity index (χ4v) is 1.55. The van der Waals surface area contributed by atoms with E-state index in [4.69, 9.17) is 4.74 Å². The van der Waals surface area contributed by atoms with Crippen molar-refractivity contribution < 1.29 is 14.5 Å². The van der Waals surface area contributed by atoms with E-state index in [-0.39, 0.29) is 11.7 Å². The van der Waals surface area contributed by atoms with Crippen LogP contribution in [0.2, 0.25) is 0 Å². The average molecular weight is 281 g/mol. The molecule has 0 saturated heterocycles. The Bertz CT molecular complexity index is 509. The SMILES string of the molecule is COC(=O)C(C)(C)C(C)(C)Nc1ccc([N+](=O)[O-])cn1. The van der Waals surface area contributed by atoms with Gasteiger partial charge in [0.05, 0.1) is 17.4 Å². The Morgan fingerprint density at radius 2 is 1.95 bits per heavy atom. The van der Waals surface area contributed by atoms with Gasteiger partial charge in [-0.3, -0.25) is 14.9 Å². The number of hydrogen-bond donors (Lipinski definition) is 1. The lowest BCUT2D eigenvalue weighted by atomic mass is 9.74. The predicted octanol–water partition coefficient (Wildman–Crippen LogP) is 2.38. The molecule has 110 valence electrons. The van der Waals surface area contributed by atoms with Crippen molar-refractivity contribution in [2.75, 3.05) is 12.4 Å². The molecule has 0 aliphatic carbocycles. The highest BCUT2D eigenvalue weighted by Gasteiger charge is 2.44. The molecule has 0 bridgehead atoms. The molecule has 0 aliphatic rings. The Morgan fingerprint density at radius 3 is 2.35 bits per heavy atom. The number of nitrogens with one attached hydrogen (secondary N) is 1. The second kappa shape index (κ2) is 5.44. The molecule has 1 heterocycles. The molecule has 1 rings (SSSR count). The van der Waals surface area contributed by atoms with E-state index in [0.29, 0.717) is 5.82 Å². The Labute approximate surface area is 117 Å². The third-order valence-corrected chi connectivity index (χ3v) is 3.66. The van der Waals surface area contributed by atoms with Crippen LogP contribution in [0.15, 0.2) is 18.3 Å². The van der Waals surface area contributed by atoms with Crippen molar-refractivity contribution in [2.45, 2.75) is 33.2 Å². The zero-order chi connectivity index (χ0) is 15.6. The van der Waals surface area contributed by atoms with Crippen LogP contribution in [0, 0.1) is 15.5 Å². The van der Waals surface area contributed by atoms with Gasteiger partial charge in [0, 0.05) is 11.6 Å². The first-order chi connectivity index (χ1) is 9.11. The lowest BCUT2D eigenvalue weighted by Gasteiger charge is -2.40. The monoisotopic (exact) mass is 281 g/mol. The van der Waals surface area contributed by atoms with Gasteiger partial charge in [0.2, 0.25) is 0 Å². The number of aromatic nitrogens is 1. The Kier molecular flexibility index (Phi) is 4.32. The van der Waals surface area contributed by atoms with Crippen LogP contribution < -0.4 is 5.32 Å². The van der Waals surface area contributed by atoms with Gasteiger partial charge in [-0.2, -0.15) is 0 Å². The first kappa shape index (κ1) is 15.9. The maximum atomic E-state index is 11.8. The van der Waals surface area contributed by atoms with Gasteiger partial charge in [-0.05, 0) is 33.8 Å². The van der Waals surface area contributed by atoms with Crippen LogP contribution in [0.1, 0.15) is 27.7 Å². The number of hydrogen-bond acceptors (Lipinski definition) is 6. The Balaban J connectivity index is 2.95. The van der Waals surface area contributed by atoms with Crippen molar-refractivity contribution in [1.29, 1.82) is 0 Å². The molecular weight excluding hydrogens is 262 g/mol. The number of nitro groups is 1. The van der Waals surface area contributed by atoms with E-state index in [1.54, 1.807) is 13.8 Å². The maximum absolute atomic E-state index is 11.8. The molecule has 7 nitrogen and oxygen atoms in total. The lowest BCUT2D eigenvalue weighted by molar-refractivity contribution is -0.385. The molecule has 0 aromatic carbocycles. The molecule has 0 radical (unpaired) electrons. The van der Waals surface area contributed by atoms with Crippen LogP contribution in [0.4, 0.5) is 11.5 Å². The van der Waals surface area contributed by atoms with Crippen molar-refractivity contribution >= 4 is 17.5 Å². The summed E-state index contributed by atoms with van der Waals surface area (Å²) in [7, 11) is 1.34. The molecule has 0 aliphatic heterocycles. The lowest BCUT2D eigenvalue weighted by Crippen LogP contribution is -2.51. The van der Waals surface area contributed by atoms with E-state index >= 15 is 0 Å².